The second kappa shape index (κ2) is 7.68. The summed E-state index contributed by atoms with van der Waals surface area (Å²) in [6.45, 7) is 0.470. The Morgan fingerprint density at radius 2 is 2.40 bits per heavy atom. The number of carbonyl (C=O) groups excluding carboxylic acids is 1. The number of hydrogen-bond donors (Lipinski definition) is 2. The van der Waals surface area contributed by atoms with Crippen LogP contribution in [0.15, 0.2) is 17.4 Å². The van der Waals surface area contributed by atoms with E-state index in [0.29, 0.717) is 13.0 Å². The molecule has 0 aromatic carbocycles. The van der Waals surface area contributed by atoms with Crippen molar-refractivity contribution in [1.82, 2.24) is 10.6 Å². The van der Waals surface area contributed by atoms with Gasteiger partial charge >= 0.3 is 0 Å². The third-order valence-electron chi connectivity index (χ3n) is 0.725. The van der Waals surface area contributed by atoms with Crippen molar-refractivity contribution in [3.63, 3.8) is 0 Å². The van der Waals surface area contributed by atoms with Crippen LogP contribution >= 0.6 is 0 Å². The first kappa shape index (κ1) is 8.68. The minimum atomic E-state index is 0.470. The molecule has 56 valence electrons. The van der Waals surface area contributed by atoms with Gasteiger partial charge in [-0.25, -0.2) is 0 Å². The molecule has 2 N–H and O–H groups in total. The zero-order valence-corrected chi connectivity index (χ0v) is 5.87. The van der Waals surface area contributed by atoms with Crippen LogP contribution in [-0.4, -0.2) is 26.2 Å². The van der Waals surface area contributed by atoms with E-state index in [1.165, 1.54) is 0 Å². The normalized spacial score (nSPS) is 10.5. The fourth-order valence-corrected chi connectivity index (χ4v) is 0.332. The number of amides is 1. The molecule has 0 fully saturated rings. The highest BCUT2D eigenvalue weighted by atomic mass is 16.1. The first-order valence-corrected chi connectivity index (χ1v) is 2.92. The molecule has 0 bridgehead atoms. The van der Waals surface area contributed by atoms with Gasteiger partial charge in [-0.1, -0.05) is 0 Å². The van der Waals surface area contributed by atoms with Crippen molar-refractivity contribution in [3.8, 4) is 0 Å². The molecule has 0 aliphatic carbocycles. The summed E-state index contributed by atoms with van der Waals surface area (Å²) in [5, 5.41) is 5.22. The molecule has 0 aromatic heterocycles. The molecule has 0 atom stereocenters. The minimum absolute atomic E-state index is 0.470. The van der Waals surface area contributed by atoms with E-state index in [-0.39, 0.29) is 0 Å². The summed E-state index contributed by atoms with van der Waals surface area (Å²) in [7, 11) is 1.79. The number of aliphatic imine (C=N–C) groups is 1. The van der Waals surface area contributed by atoms with Gasteiger partial charge in [0.25, 0.3) is 0 Å². The predicted octanol–water partition coefficient (Wildman–Crippen LogP) is -0.506. The van der Waals surface area contributed by atoms with E-state index in [2.05, 4.69) is 15.6 Å². The van der Waals surface area contributed by atoms with Crippen molar-refractivity contribution in [2.24, 2.45) is 4.99 Å². The van der Waals surface area contributed by atoms with Crippen LogP contribution in [0.4, 0.5) is 0 Å². The van der Waals surface area contributed by atoms with E-state index >= 15 is 0 Å². The average Bonchev–Trinajstić information content (AvgIpc) is 1.97. The maximum Gasteiger partial charge on any atom is 0.207 e. The van der Waals surface area contributed by atoms with Crippen LogP contribution in [0.1, 0.15) is 0 Å². The van der Waals surface area contributed by atoms with E-state index in [4.69, 9.17) is 0 Å². The van der Waals surface area contributed by atoms with Crippen molar-refractivity contribution in [2.45, 2.75) is 0 Å². The van der Waals surface area contributed by atoms with E-state index in [1.807, 2.05) is 0 Å². The molecule has 0 saturated heterocycles. The molecule has 1 amide bonds. The van der Waals surface area contributed by atoms with Crippen LogP contribution in [0.2, 0.25) is 0 Å². The highest BCUT2D eigenvalue weighted by molar-refractivity contribution is 5.64. The lowest BCUT2D eigenvalue weighted by molar-refractivity contribution is -0.109. The molecule has 0 rings (SSSR count). The smallest absolute Gasteiger partial charge is 0.207 e. The first-order valence-electron chi connectivity index (χ1n) is 2.92. The Bertz CT molecular complexity index is 131. The van der Waals surface area contributed by atoms with E-state index in [0.717, 1.165) is 0 Å². The van der Waals surface area contributed by atoms with Gasteiger partial charge in [0.05, 0.1) is 6.54 Å². The quantitative estimate of drug-likeness (QED) is 0.308. The number of nitrogens with zero attached hydrogens (tertiary/aromatic N) is 1. The lowest BCUT2D eigenvalue weighted by Crippen LogP contribution is -2.12. The SMILES string of the molecule is CN/C=C\N=C\CNC=O. The van der Waals surface area contributed by atoms with Gasteiger partial charge < -0.3 is 10.6 Å². The number of nitrogens with one attached hydrogen (secondary N) is 2. The van der Waals surface area contributed by atoms with Crippen LogP contribution < -0.4 is 10.6 Å². The molecule has 4 nitrogen and oxygen atoms in total. The van der Waals surface area contributed by atoms with Crippen molar-refractivity contribution in [2.75, 3.05) is 13.6 Å². The molecule has 0 unspecified atom stereocenters. The third kappa shape index (κ3) is 6.68. The average molecular weight is 141 g/mol. The second-order valence-electron chi connectivity index (χ2n) is 1.46. The maximum absolute atomic E-state index is 9.69. The Morgan fingerprint density at radius 3 is 3.00 bits per heavy atom. The van der Waals surface area contributed by atoms with Gasteiger partial charge in [0, 0.05) is 25.7 Å². The van der Waals surface area contributed by atoms with Gasteiger partial charge in [-0.15, -0.1) is 0 Å². The molecule has 0 saturated carbocycles. The summed E-state index contributed by atoms with van der Waals surface area (Å²) >= 11 is 0. The Morgan fingerprint density at radius 1 is 1.60 bits per heavy atom. The largest absolute Gasteiger partial charge is 0.393 e. The molecule has 0 spiro atoms. The lowest BCUT2D eigenvalue weighted by Gasteiger charge is -1.85. The van der Waals surface area contributed by atoms with Gasteiger partial charge in [0.1, 0.15) is 0 Å². The van der Waals surface area contributed by atoms with Crippen molar-refractivity contribution in [1.29, 1.82) is 0 Å². The van der Waals surface area contributed by atoms with Crippen LogP contribution in [0.25, 0.3) is 0 Å². The number of hydrogen-bond acceptors (Lipinski definition) is 3. The van der Waals surface area contributed by atoms with E-state index in [9.17, 15) is 4.79 Å². The summed E-state index contributed by atoms with van der Waals surface area (Å²) < 4.78 is 0. The highest BCUT2D eigenvalue weighted by Crippen LogP contribution is 1.66. The van der Waals surface area contributed by atoms with Crippen molar-refractivity contribution >= 4 is 12.6 Å². The van der Waals surface area contributed by atoms with Gasteiger partial charge in [-0.05, 0) is 0 Å². The van der Waals surface area contributed by atoms with Gasteiger partial charge in [0.15, 0.2) is 0 Å². The van der Waals surface area contributed by atoms with Crippen LogP contribution in [0.3, 0.4) is 0 Å². The molecule has 0 radical (unpaired) electrons. The fourth-order valence-electron chi connectivity index (χ4n) is 0.332. The topological polar surface area (TPSA) is 53.5 Å². The molecule has 0 aliphatic rings. The summed E-state index contributed by atoms with van der Waals surface area (Å²) in [5.41, 5.74) is 0. The molecule has 0 aromatic rings. The monoisotopic (exact) mass is 141 g/mol. The van der Waals surface area contributed by atoms with Crippen molar-refractivity contribution < 1.29 is 4.79 Å². The van der Waals surface area contributed by atoms with E-state index < -0.39 is 0 Å². The van der Waals surface area contributed by atoms with E-state index in [1.54, 1.807) is 25.7 Å². The van der Waals surface area contributed by atoms with Gasteiger partial charge in [0.2, 0.25) is 6.41 Å². The van der Waals surface area contributed by atoms with Gasteiger partial charge in [-0.3, -0.25) is 9.79 Å². The maximum atomic E-state index is 9.69. The number of rotatable bonds is 5. The predicted molar refractivity (Wildman–Crippen MR) is 40.8 cm³/mol. The Balaban J connectivity index is 3.19. The molecule has 10 heavy (non-hydrogen) atoms. The second-order valence-corrected chi connectivity index (χ2v) is 1.46. The molecule has 0 heterocycles. The molecule has 4 heteroatoms. The van der Waals surface area contributed by atoms with Gasteiger partial charge in [-0.2, -0.15) is 0 Å². The minimum Gasteiger partial charge on any atom is -0.393 e. The standard InChI is InChI=1S/C6H11N3O/c1-7-2-3-8-4-5-9-6-10/h2-4,6-7H,5H2,1H3,(H,9,10)/b3-2-,8-4+. The van der Waals surface area contributed by atoms with Crippen LogP contribution in [0, 0.1) is 0 Å². The Kier molecular flexibility index (Phi) is 6.67. The van der Waals surface area contributed by atoms with Crippen LogP contribution in [0.5, 0.6) is 0 Å². The highest BCUT2D eigenvalue weighted by Gasteiger charge is 1.70. The zero-order valence-electron chi connectivity index (χ0n) is 5.87. The Hall–Kier alpha value is -1.32. The van der Waals surface area contributed by atoms with Crippen LogP contribution in [-0.2, 0) is 4.79 Å². The van der Waals surface area contributed by atoms with Crippen molar-refractivity contribution in [3.05, 3.63) is 12.4 Å². The zero-order chi connectivity index (χ0) is 7.66. The molecule has 0 aliphatic heterocycles. The summed E-state index contributed by atoms with van der Waals surface area (Å²) in [4.78, 5) is 13.5. The lowest BCUT2D eigenvalue weighted by atomic mass is 10.7. The Labute approximate surface area is 60.0 Å². The molecular weight excluding hydrogens is 130 g/mol. The summed E-state index contributed by atoms with van der Waals surface area (Å²) in [6.07, 6.45) is 5.53. The third-order valence-corrected chi connectivity index (χ3v) is 0.725. The first-order chi connectivity index (χ1) is 4.91. The fraction of sp³-hybridized carbons (Fsp3) is 0.333. The summed E-state index contributed by atoms with van der Waals surface area (Å²) in [5.74, 6) is 0. The summed E-state index contributed by atoms with van der Waals surface area (Å²) in [6, 6.07) is 0. The number of carbonyl (C=O) groups is 1. The molecular formula is C6H11N3O.